The molecule has 23 heavy (non-hydrogen) atoms. The third-order valence-corrected chi connectivity index (χ3v) is 5.71. The summed E-state index contributed by atoms with van der Waals surface area (Å²) in [4.78, 5) is 26.6. The zero-order valence-electron chi connectivity index (χ0n) is 13.9. The van der Waals surface area contributed by atoms with Crippen LogP contribution >= 0.6 is 27.3 Å². The van der Waals surface area contributed by atoms with E-state index in [9.17, 15) is 9.59 Å². The average molecular weight is 403 g/mol. The second-order valence-electron chi connectivity index (χ2n) is 6.86. The van der Waals surface area contributed by atoms with Crippen molar-refractivity contribution in [1.29, 1.82) is 0 Å². The Morgan fingerprint density at radius 2 is 2.17 bits per heavy atom. The Kier molecular flexibility index (Phi) is 5.73. The minimum absolute atomic E-state index is 0.0560. The Bertz CT molecular complexity index is 575. The first-order valence-corrected chi connectivity index (χ1v) is 9.28. The van der Waals surface area contributed by atoms with E-state index < -0.39 is 5.60 Å². The van der Waals surface area contributed by atoms with E-state index in [-0.39, 0.29) is 17.9 Å². The molecule has 1 fully saturated rings. The highest BCUT2D eigenvalue weighted by Gasteiger charge is 2.30. The number of amides is 2. The maximum atomic E-state index is 12.1. The molecule has 2 amide bonds. The highest BCUT2D eigenvalue weighted by molar-refractivity contribution is 9.11. The van der Waals surface area contributed by atoms with E-state index >= 15 is 0 Å². The van der Waals surface area contributed by atoms with Gasteiger partial charge in [0, 0.05) is 19.6 Å². The van der Waals surface area contributed by atoms with Crippen LogP contribution in [0.3, 0.4) is 0 Å². The predicted molar refractivity (Wildman–Crippen MR) is 95.0 cm³/mol. The van der Waals surface area contributed by atoms with Crippen molar-refractivity contribution in [3.8, 4) is 0 Å². The van der Waals surface area contributed by atoms with Crippen molar-refractivity contribution in [1.82, 2.24) is 10.2 Å². The lowest BCUT2D eigenvalue weighted by molar-refractivity contribution is 0.0288. The third-order valence-electron chi connectivity index (χ3n) is 3.57. The van der Waals surface area contributed by atoms with Gasteiger partial charge in [0.15, 0.2) is 0 Å². The van der Waals surface area contributed by atoms with E-state index in [1.807, 2.05) is 33.8 Å². The number of thiophene rings is 1. The number of rotatable bonds is 3. The SMILES string of the molecule is Cc1cc(C(=O)NCC2CCN(C(=O)OC(C)(C)C)C2)sc1Br. The fourth-order valence-corrected chi connectivity index (χ4v) is 3.84. The average Bonchev–Trinajstić information content (AvgIpc) is 3.02. The summed E-state index contributed by atoms with van der Waals surface area (Å²) in [7, 11) is 0. The topological polar surface area (TPSA) is 58.6 Å². The summed E-state index contributed by atoms with van der Waals surface area (Å²) in [5.74, 6) is 0.218. The number of nitrogens with one attached hydrogen (secondary N) is 1. The van der Waals surface area contributed by atoms with Crippen LogP contribution < -0.4 is 5.32 Å². The summed E-state index contributed by atoms with van der Waals surface area (Å²) in [5, 5.41) is 2.96. The molecule has 1 N–H and O–H groups in total. The number of ether oxygens (including phenoxy) is 1. The van der Waals surface area contributed by atoms with Crippen LogP contribution in [0.4, 0.5) is 4.79 Å². The van der Waals surface area contributed by atoms with E-state index in [0.29, 0.717) is 24.5 Å². The van der Waals surface area contributed by atoms with Crippen LogP contribution in [0.2, 0.25) is 0 Å². The summed E-state index contributed by atoms with van der Waals surface area (Å²) in [6.45, 7) is 9.43. The maximum absolute atomic E-state index is 12.1. The molecule has 2 rings (SSSR count). The number of likely N-dealkylation sites (tertiary alicyclic amines) is 1. The Balaban J connectivity index is 1.79. The molecule has 1 atom stereocenters. The summed E-state index contributed by atoms with van der Waals surface area (Å²) < 4.78 is 6.36. The highest BCUT2D eigenvalue weighted by atomic mass is 79.9. The molecule has 1 saturated heterocycles. The lowest BCUT2D eigenvalue weighted by Gasteiger charge is -2.24. The van der Waals surface area contributed by atoms with Crippen LogP contribution in [0.5, 0.6) is 0 Å². The van der Waals surface area contributed by atoms with Crippen molar-refractivity contribution < 1.29 is 14.3 Å². The van der Waals surface area contributed by atoms with Gasteiger partial charge in [0.25, 0.3) is 5.91 Å². The quantitative estimate of drug-likeness (QED) is 0.835. The second kappa shape index (κ2) is 7.21. The van der Waals surface area contributed by atoms with Crippen LogP contribution in [0, 0.1) is 12.8 Å². The molecule has 0 spiro atoms. The molecule has 1 aliphatic rings. The highest BCUT2D eigenvalue weighted by Crippen LogP contribution is 2.27. The van der Waals surface area contributed by atoms with Crippen LogP contribution in [0.1, 0.15) is 42.4 Å². The minimum atomic E-state index is -0.478. The molecule has 0 saturated carbocycles. The van der Waals surface area contributed by atoms with E-state index in [1.165, 1.54) is 11.3 Å². The van der Waals surface area contributed by atoms with Gasteiger partial charge in [0.2, 0.25) is 0 Å². The van der Waals surface area contributed by atoms with Gasteiger partial charge in [0.05, 0.1) is 8.66 Å². The first-order chi connectivity index (χ1) is 10.7. The van der Waals surface area contributed by atoms with Crippen LogP contribution in [0.15, 0.2) is 9.85 Å². The molecule has 2 heterocycles. The molecule has 0 radical (unpaired) electrons. The molecule has 0 aliphatic carbocycles. The monoisotopic (exact) mass is 402 g/mol. The second-order valence-corrected chi connectivity index (χ2v) is 9.23. The Morgan fingerprint density at radius 1 is 1.48 bits per heavy atom. The van der Waals surface area contributed by atoms with Gasteiger partial charge in [-0.2, -0.15) is 0 Å². The summed E-state index contributed by atoms with van der Waals surface area (Å²) in [5.41, 5.74) is 0.588. The van der Waals surface area contributed by atoms with Crippen LogP contribution in [-0.2, 0) is 4.74 Å². The van der Waals surface area contributed by atoms with Crippen molar-refractivity contribution >= 4 is 39.3 Å². The Labute approximate surface area is 149 Å². The molecule has 0 aromatic carbocycles. The Morgan fingerprint density at radius 3 is 2.74 bits per heavy atom. The van der Waals surface area contributed by atoms with Gasteiger partial charge in [-0.25, -0.2) is 4.79 Å². The van der Waals surface area contributed by atoms with Gasteiger partial charge in [0.1, 0.15) is 5.60 Å². The van der Waals surface area contributed by atoms with Gasteiger partial charge in [-0.15, -0.1) is 11.3 Å². The van der Waals surface area contributed by atoms with Gasteiger partial charge < -0.3 is 15.0 Å². The summed E-state index contributed by atoms with van der Waals surface area (Å²) in [6.07, 6.45) is 0.608. The van der Waals surface area contributed by atoms with Crippen molar-refractivity contribution in [2.45, 2.75) is 39.7 Å². The number of carbonyl (C=O) groups is 2. The van der Waals surface area contributed by atoms with E-state index in [1.54, 1.807) is 4.90 Å². The van der Waals surface area contributed by atoms with Crippen molar-refractivity contribution in [3.63, 3.8) is 0 Å². The maximum Gasteiger partial charge on any atom is 0.410 e. The fraction of sp³-hybridized carbons (Fsp3) is 0.625. The number of halogens is 1. The standard InChI is InChI=1S/C16H23BrN2O3S/c1-10-7-12(23-13(10)17)14(20)18-8-11-5-6-19(9-11)15(21)22-16(2,3)4/h7,11H,5-6,8-9H2,1-4H3,(H,18,20). The fourth-order valence-electron chi connectivity index (χ4n) is 2.39. The summed E-state index contributed by atoms with van der Waals surface area (Å²) in [6, 6.07) is 1.88. The van der Waals surface area contributed by atoms with Crippen LogP contribution in [0.25, 0.3) is 0 Å². The number of hydrogen-bond acceptors (Lipinski definition) is 4. The molecule has 5 nitrogen and oxygen atoms in total. The minimum Gasteiger partial charge on any atom is -0.444 e. The molecule has 128 valence electrons. The third kappa shape index (κ3) is 5.21. The molecule has 1 unspecified atom stereocenters. The van der Waals surface area contributed by atoms with Crippen molar-refractivity contribution in [2.75, 3.05) is 19.6 Å². The van der Waals surface area contributed by atoms with Gasteiger partial charge in [-0.05, 0) is 67.6 Å². The van der Waals surface area contributed by atoms with Crippen LogP contribution in [-0.4, -0.2) is 42.1 Å². The molecule has 0 bridgehead atoms. The molecule has 1 aliphatic heterocycles. The van der Waals surface area contributed by atoms with E-state index in [2.05, 4.69) is 21.2 Å². The van der Waals surface area contributed by atoms with Gasteiger partial charge >= 0.3 is 6.09 Å². The first-order valence-electron chi connectivity index (χ1n) is 7.68. The molecule has 7 heteroatoms. The normalized spacial score (nSPS) is 18.1. The zero-order valence-corrected chi connectivity index (χ0v) is 16.3. The zero-order chi connectivity index (χ0) is 17.2. The van der Waals surface area contributed by atoms with Crippen molar-refractivity contribution in [3.05, 3.63) is 20.3 Å². The van der Waals surface area contributed by atoms with Gasteiger partial charge in [-0.1, -0.05) is 0 Å². The number of nitrogens with zero attached hydrogens (tertiary/aromatic N) is 1. The van der Waals surface area contributed by atoms with E-state index in [4.69, 9.17) is 4.74 Å². The molecule has 1 aromatic heterocycles. The molecular formula is C16H23BrN2O3S. The number of carbonyl (C=O) groups excluding carboxylic acids is 2. The lowest BCUT2D eigenvalue weighted by atomic mass is 10.1. The molecule has 1 aromatic rings. The smallest absolute Gasteiger partial charge is 0.410 e. The lowest BCUT2D eigenvalue weighted by Crippen LogP contribution is -2.36. The largest absolute Gasteiger partial charge is 0.444 e. The predicted octanol–water partition coefficient (Wildman–Crippen LogP) is 3.81. The van der Waals surface area contributed by atoms with Gasteiger partial charge in [-0.3, -0.25) is 4.79 Å². The Hall–Kier alpha value is -1.08. The summed E-state index contributed by atoms with van der Waals surface area (Å²) >= 11 is 4.87. The van der Waals surface area contributed by atoms with Crippen molar-refractivity contribution in [2.24, 2.45) is 5.92 Å². The number of aryl methyl sites for hydroxylation is 1. The first kappa shape index (κ1) is 18.3. The molecular weight excluding hydrogens is 380 g/mol. The van der Waals surface area contributed by atoms with E-state index in [0.717, 1.165) is 15.8 Å². The number of hydrogen-bond donors (Lipinski definition) is 1.